The Morgan fingerprint density at radius 3 is 2.21 bits per heavy atom. The van der Waals surface area contributed by atoms with Gasteiger partial charge in [-0.1, -0.05) is 55.8 Å². The molecule has 3 aromatic rings. The number of anilines is 2. The van der Waals surface area contributed by atoms with Crippen LogP contribution in [-0.2, 0) is 11.3 Å². The average molecular weight is 533 g/mol. The lowest BCUT2D eigenvalue weighted by atomic mass is 10.1. The number of benzene rings is 3. The molecule has 38 heavy (non-hydrogen) atoms. The highest BCUT2D eigenvalue weighted by molar-refractivity contribution is 6.30. The van der Waals surface area contributed by atoms with Crippen molar-refractivity contribution in [2.75, 3.05) is 43.4 Å². The lowest BCUT2D eigenvalue weighted by Crippen LogP contribution is -2.49. The van der Waals surface area contributed by atoms with Crippen molar-refractivity contribution in [3.63, 3.8) is 0 Å². The summed E-state index contributed by atoms with van der Waals surface area (Å²) in [5.74, 6) is -0.458. The molecule has 0 spiro atoms. The van der Waals surface area contributed by atoms with E-state index in [0.717, 1.165) is 11.3 Å². The van der Waals surface area contributed by atoms with Gasteiger partial charge in [0.05, 0.1) is 5.56 Å². The molecule has 0 radical (unpaired) electrons. The maximum atomic E-state index is 13.7. The predicted molar refractivity (Wildman–Crippen MR) is 152 cm³/mol. The van der Waals surface area contributed by atoms with E-state index in [4.69, 9.17) is 11.6 Å². The lowest BCUT2D eigenvalue weighted by Gasteiger charge is -2.37. The second kappa shape index (κ2) is 12.1. The third kappa shape index (κ3) is 6.53. The highest BCUT2D eigenvalue weighted by Crippen LogP contribution is 2.28. The van der Waals surface area contributed by atoms with E-state index in [1.165, 1.54) is 0 Å². The molecule has 1 N–H and O–H groups in total. The molecule has 4 rings (SSSR count). The molecular weight excluding hydrogens is 500 g/mol. The number of piperazine rings is 1. The van der Waals surface area contributed by atoms with Crippen LogP contribution in [0.25, 0.3) is 0 Å². The minimum Gasteiger partial charge on any atom is -0.367 e. The van der Waals surface area contributed by atoms with Gasteiger partial charge < -0.3 is 20.0 Å². The highest BCUT2D eigenvalue weighted by atomic mass is 35.5. The van der Waals surface area contributed by atoms with Crippen LogP contribution in [0.2, 0.25) is 5.02 Å². The molecule has 0 saturated carbocycles. The van der Waals surface area contributed by atoms with E-state index in [0.29, 0.717) is 54.6 Å². The summed E-state index contributed by atoms with van der Waals surface area (Å²) >= 11 is 5.97. The van der Waals surface area contributed by atoms with E-state index in [2.05, 4.69) is 10.2 Å². The van der Waals surface area contributed by atoms with Crippen molar-refractivity contribution < 1.29 is 14.4 Å². The van der Waals surface area contributed by atoms with E-state index in [9.17, 15) is 14.4 Å². The molecule has 8 heteroatoms. The summed E-state index contributed by atoms with van der Waals surface area (Å²) in [4.78, 5) is 44.6. The number of nitrogens with one attached hydrogen (secondary N) is 1. The average Bonchev–Trinajstić information content (AvgIpc) is 2.93. The van der Waals surface area contributed by atoms with E-state index >= 15 is 0 Å². The van der Waals surface area contributed by atoms with Crippen molar-refractivity contribution in [3.05, 3.63) is 94.5 Å². The Morgan fingerprint density at radius 2 is 1.58 bits per heavy atom. The van der Waals surface area contributed by atoms with Crippen LogP contribution in [-0.4, -0.2) is 60.7 Å². The molecule has 7 nitrogen and oxygen atoms in total. The fourth-order valence-electron chi connectivity index (χ4n) is 4.41. The van der Waals surface area contributed by atoms with Crippen LogP contribution in [0.5, 0.6) is 0 Å². The maximum Gasteiger partial charge on any atom is 0.256 e. The summed E-state index contributed by atoms with van der Waals surface area (Å²) in [5.41, 5.74) is 3.52. The Morgan fingerprint density at radius 1 is 0.921 bits per heavy atom. The molecule has 1 aliphatic heterocycles. The highest BCUT2D eigenvalue weighted by Gasteiger charge is 2.26. The van der Waals surface area contributed by atoms with Gasteiger partial charge in [-0.25, -0.2) is 0 Å². The van der Waals surface area contributed by atoms with Crippen LogP contribution < -0.4 is 10.2 Å². The largest absolute Gasteiger partial charge is 0.367 e. The Bertz CT molecular complexity index is 1290. The van der Waals surface area contributed by atoms with Crippen molar-refractivity contribution >= 4 is 40.7 Å². The van der Waals surface area contributed by atoms with Crippen LogP contribution in [0.1, 0.15) is 40.1 Å². The first-order valence-electron chi connectivity index (χ1n) is 12.8. The van der Waals surface area contributed by atoms with E-state index in [-0.39, 0.29) is 23.6 Å². The number of hydrogen-bond acceptors (Lipinski definition) is 4. The van der Waals surface area contributed by atoms with Crippen molar-refractivity contribution in [2.45, 2.75) is 20.4 Å². The first-order valence-corrected chi connectivity index (χ1v) is 13.1. The predicted octanol–water partition coefficient (Wildman–Crippen LogP) is 5.17. The smallest absolute Gasteiger partial charge is 0.256 e. The van der Waals surface area contributed by atoms with Gasteiger partial charge in [-0.2, -0.15) is 0 Å². The molecular formula is C30H33ClN4O3. The first kappa shape index (κ1) is 27.2. The fourth-order valence-corrected chi connectivity index (χ4v) is 4.53. The summed E-state index contributed by atoms with van der Waals surface area (Å²) in [6.45, 7) is 6.34. The van der Waals surface area contributed by atoms with E-state index in [1.54, 1.807) is 42.3 Å². The number of carbonyl (C=O) groups is 3. The molecule has 3 aromatic carbocycles. The third-order valence-electron chi connectivity index (χ3n) is 6.63. The minimum atomic E-state index is -0.180. The number of rotatable bonds is 7. The Hall–Kier alpha value is -3.84. The van der Waals surface area contributed by atoms with Gasteiger partial charge in [0.2, 0.25) is 5.91 Å². The summed E-state index contributed by atoms with van der Waals surface area (Å²) in [6.07, 6.45) is 0. The Labute approximate surface area is 229 Å². The monoisotopic (exact) mass is 532 g/mol. The second-order valence-corrected chi connectivity index (χ2v) is 10.2. The van der Waals surface area contributed by atoms with Crippen molar-refractivity contribution in [1.82, 2.24) is 9.80 Å². The molecule has 3 amide bonds. The standard InChI is InChI=1S/C30H33ClN4O3/c1-21(2)28(36)32-25-13-14-27(26(19-25)30(38)33(3)20-22-7-5-4-6-8-22)34-15-17-35(18-16-34)29(37)23-9-11-24(31)12-10-23/h4-14,19,21H,15-18,20H2,1-3H3,(H,32,36). The SMILES string of the molecule is CC(C)C(=O)Nc1ccc(N2CCN(C(=O)c3ccc(Cl)cc3)CC2)c(C(=O)N(C)Cc2ccccc2)c1. The molecule has 1 aliphatic rings. The van der Waals surface area contributed by atoms with Crippen LogP contribution in [0.15, 0.2) is 72.8 Å². The third-order valence-corrected chi connectivity index (χ3v) is 6.88. The zero-order chi connectivity index (χ0) is 27.2. The van der Waals surface area contributed by atoms with Gasteiger partial charge >= 0.3 is 0 Å². The maximum absolute atomic E-state index is 13.7. The van der Waals surface area contributed by atoms with Gasteiger partial charge in [0.25, 0.3) is 11.8 Å². The Kier molecular flexibility index (Phi) is 8.69. The van der Waals surface area contributed by atoms with Gasteiger partial charge in [0, 0.05) is 67.7 Å². The van der Waals surface area contributed by atoms with Gasteiger partial charge in [-0.05, 0) is 48.0 Å². The van der Waals surface area contributed by atoms with Crippen LogP contribution >= 0.6 is 11.6 Å². The van der Waals surface area contributed by atoms with Gasteiger partial charge in [-0.15, -0.1) is 0 Å². The van der Waals surface area contributed by atoms with Crippen LogP contribution in [0.3, 0.4) is 0 Å². The summed E-state index contributed by atoms with van der Waals surface area (Å²) in [6, 6.07) is 22.2. The molecule has 1 saturated heterocycles. The first-order chi connectivity index (χ1) is 18.2. The molecule has 1 heterocycles. The van der Waals surface area contributed by atoms with Crippen molar-refractivity contribution in [2.24, 2.45) is 5.92 Å². The summed E-state index contributed by atoms with van der Waals surface area (Å²) in [7, 11) is 1.78. The van der Waals surface area contributed by atoms with Crippen molar-refractivity contribution in [1.29, 1.82) is 0 Å². The number of hydrogen-bond donors (Lipinski definition) is 1. The zero-order valence-electron chi connectivity index (χ0n) is 22.0. The number of halogens is 1. The molecule has 198 valence electrons. The van der Waals surface area contributed by atoms with Crippen LogP contribution in [0, 0.1) is 5.92 Å². The number of nitrogens with zero attached hydrogens (tertiary/aromatic N) is 3. The van der Waals surface area contributed by atoms with Gasteiger partial charge in [0.15, 0.2) is 0 Å². The van der Waals surface area contributed by atoms with Gasteiger partial charge in [-0.3, -0.25) is 14.4 Å². The number of amides is 3. The number of carbonyl (C=O) groups excluding carboxylic acids is 3. The molecule has 0 aromatic heterocycles. The summed E-state index contributed by atoms with van der Waals surface area (Å²) in [5, 5.41) is 3.50. The molecule has 0 atom stereocenters. The topological polar surface area (TPSA) is 73.0 Å². The summed E-state index contributed by atoms with van der Waals surface area (Å²) < 4.78 is 0. The minimum absolute atomic E-state index is 0.0352. The van der Waals surface area contributed by atoms with Crippen LogP contribution in [0.4, 0.5) is 11.4 Å². The van der Waals surface area contributed by atoms with E-state index in [1.807, 2.05) is 61.2 Å². The lowest BCUT2D eigenvalue weighted by molar-refractivity contribution is -0.118. The zero-order valence-corrected chi connectivity index (χ0v) is 22.7. The molecule has 0 unspecified atom stereocenters. The quantitative estimate of drug-likeness (QED) is 0.455. The van der Waals surface area contributed by atoms with E-state index < -0.39 is 0 Å². The normalized spacial score (nSPS) is 13.4. The molecule has 0 aliphatic carbocycles. The second-order valence-electron chi connectivity index (χ2n) is 9.81. The molecule has 0 bridgehead atoms. The Balaban J connectivity index is 1.54. The fraction of sp³-hybridized carbons (Fsp3) is 0.300. The van der Waals surface area contributed by atoms with Gasteiger partial charge in [0.1, 0.15) is 0 Å². The van der Waals surface area contributed by atoms with Crippen molar-refractivity contribution in [3.8, 4) is 0 Å². The molecule has 1 fully saturated rings.